The number of amides is 1. The van der Waals surface area contributed by atoms with E-state index in [-0.39, 0.29) is 5.91 Å². The highest BCUT2D eigenvalue weighted by Crippen LogP contribution is 2.29. The molecule has 0 radical (unpaired) electrons. The molecular weight excluding hydrogens is 362 g/mol. The number of thiazole rings is 1. The van der Waals surface area contributed by atoms with Gasteiger partial charge in [-0.05, 0) is 35.9 Å². The minimum Gasteiger partial charge on any atom is -0.371 e. The van der Waals surface area contributed by atoms with Gasteiger partial charge in [0.1, 0.15) is 10.7 Å². The summed E-state index contributed by atoms with van der Waals surface area (Å²) in [4.78, 5) is 22.7. The van der Waals surface area contributed by atoms with Gasteiger partial charge in [0.2, 0.25) is 0 Å². The first-order chi connectivity index (χ1) is 12.7. The number of hydrogen-bond donors (Lipinski definition) is 0. The van der Waals surface area contributed by atoms with Crippen LogP contribution in [0.5, 0.6) is 0 Å². The molecule has 0 spiro atoms. The highest BCUT2D eigenvalue weighted by atomic mass is 32.1. The van der Waals surface area contributed by atoms with Crippen LogP contribution in [0.1, 0.15) is 28.9 Å². The topological polar surface area (TPSA) is 36.4 Å². The lowest BCUT2D eigenvalue weighted by Crippen LogP contribution is -2.28. The van der Waals surface area contributed by atoms with Crippen LogP contribution in [0.15, 0.2) is 47.2 Å². The van der Waals surface area contributed by atoms with E-state index in [1.807, 2.05) is 36.0 Å². The highest BCUT2D eigenvalue weighted by molar-refractivity contribution is 7.20. The third kappa shape index (κ3) is 3.52. The second-order valence-electron chi connectivity index (χ2n) is 6.50. The van der Waals surface area contributed by atoms with Crippen LogP contribution in [0.25, 0.3) is 9.88 Å². The fraction of sp³-hybridized carbons (Fsp3) is 0.300. The van der Waals surface area contributed by atoms with Gasteiger partial charge < -0.3 is 9.80 Å². The Balaban J connectivity index is 1.50. The Kier molecular flexibility index (Phi) is 5.04. The van der Waals surface area contributed by atoms with Gasteiger partial charge in [0.05, 0.1) is 4.88 Å². The van der Waals surface area contributed by atoms with Crippen molar-refractivity contribution in [1.29, 1.82) is 0 Å². The molecule has 1 fully saturated rings. The third-order valence-corrected chi connectivity index (χ3v) is 6.53. The van der Waals surface area contributed by atoms with Crippen molar-refractivity contribution >= 4 is 34.3 Å². The van der Waals surface area contributed by atoms with Gasteiger partial charge in [0.25, 0.3) is 5.91 Å². The van der Waals surface area contributed by atoms with Crippen molar-refractivity contribution in [3.63, 3.8) is 0 Å². The van der Waals surface area contributed by atoms with E-state index in [9.17, 15) is 4.79 Å². The molecule has 0 atom stereocenters. The van der Waals surface area contributed by atoms with Crippen molar-refractivity contribution in [2.24, 2.45) is 0 Å². The molecule has 1 aliphatic rings. The molecule has 26 heavy (non-hydrogen) atoms. The summed E-state index contributed by atoms with van der Waals surface area (Å²) in [6.45, 7) is 2.80. The summed E-state index contributed by atoms with van der Waals surface area (Å²) in [5.74, 6) is -0.0275. The molecule has 3 aromatic rings. The molecule has 3 heterocycles. The minimum absolute atomic E-state index is 0.0275. The quantitative estimate of drug-likeness (QED) is 0.638. The average Bonchev–Trinajstić information content (AvgIpc) is 3.43. The summed E-state index contributed by atoms with van der Waals surface area (Å²) >= 11 is 3.17. The van der Waals surface area contributed by atoms with Crippen LogP contribution in [0.2, 0.25) is 0 Å². The molecule has 6 heteroatoms. The van der Waals surface area contributed by atoms with E-state index in [2.05, 4.69) is 28.1 Å². The molecule has 0 aliphatic carbocycles. The van der Waals surface area contributed by atoms with Crippen LogP contribution in [0.4, 0.5) is 5.69 Å². The van der Waals surface area contributed by atoms with Crippen molar-refractivity contribution in [1.82, 2.24) is 9.88 Å². The third-order valence-electron chi connectivity index (χ3n) is 4.65. The zero-order chi connectivity index (χ0) is 17.9. The molecule has 0 saturated carbocycles. The maximum Gasteiger partial charge on any atom is 0.273 e. The molecule has 1 aromatic carbocycles. The van der Waals surface area contributed by atoms with Gasteiger partial charge in [0, 0.05) is 37.7 Å². The lowest BCUT2D eigenvalue weighted by atomic mass is 10.1. The molecule has 1 amide bonds. The number of nitrogens with zero attached hydrogens (tertiary/aromatic N) is 3. The second kappa shape index (κ2) is 7.60. The summed E-state index contributed by atoms with van der Waals surface area (Å²) in [6.07, 6.45) is 2.49. The largest absolute Gasteiger partial charge is 0.371 e. The first kappa shape index (κ1) is 17.2. The number of thiophene rings is 1. The first-order valence-corrected chi connectivity index (χ1v) is 10.6. The number of rotatable bonds is 5. The molecular formula is C20H21N3OS2. The van der Waals surface area contributed by atoms with Gasteiger partial charge in [-0.2, -0.15) is 0 Å². The van der Waals surface area contributed by atoms with Crippen LogP contribution in [0.3, 0.4) is 0 Å². The predicted molar refractivity (Wildman–Crippen MR) is 109 cm³/mol. The predicted octanol–water partition coefficient (Wildman–Crippen LogP) is 4.74. The molecule has 1 aliphatic heterocycles. The summed E-state index contributed by atoms with van der Waals surface area (Å²) in [5, 5.41) is 4.80. The molecule has 0 bridgehead atoms. The number of para-hydroxylation sites is 1. The molecule has 2 aromatic heterocycles. The Morgan fingerprint density at radius 3 is 2.73 bits per heavy atom. The summed E-state index contributed by atoms with van der Waals surface area (Å²) in [6, 6.07) is 12.4. The minimum atomic E-state index is -0.0275. The average molecular weight is 384 g/mol. The van der Waals surface area contributed by atoms with E-state index in [0.717, 1.165) is 23.0 Å². The lowest BCUT2D eigenvalue weighted by molar-refractivity contribution is 0.0780. The van der Waals surface area contributed by atoms with Gasteiger partial charge in [-0.1, -0.05) is 24.3 Å². The number of carbonyl (C=O) groups is 1. The maximum atomic E-state index is 12.8. The van der Waals surface area contributed by atoms with Crippen LogP contribution in [-0.2, 0) is 6.54 Å². The van der Waals surface area contributed by atoms with Crippen LogP contribution in [-0.4, -0.2) is 35.9 Å². The van der Waals surface area contributed by atoms with Crippen molar-refractivity contribution < 1.29 is 4.79 Å². The van der Waals surface area contributed by atoms with Crippen LogP contribution in [0, 0.1) is 0 Å². The standard InChI is InChI=1S/C20H21N3OS2/c1-22(13-15-7-2-3-8-17(15)23-10-4-5-11-23)20(24)16-14-26-19(21-16)18-9-6-12-25-18/h2-3,6-9,12,14H,4-5,10-11,13H2,1H3. The number of hydrogen-bond acceptors (Lipinski definition) is 5. The van der Waals surface area contributed by atoms with E-state index in [1.54, 1.807) is 16.2 Å². The number of anilines is 1. The van der Waals surface area contributed by atoms with Gasteiger partial charge in [0.15, 0.2) is 0 Å². The molecule has 4 nitrogen and oxygen atoms in total. The van der Waals surface area contributed by atoms with Gasteiger partial charge in [-0.15, -0.1) is 22.7 Å². The summed E-state index contributed by atoms with van der Waals surface area (Å²) < 4.78 is 0. The smallest absolute Gasteiger partial charge is 0.273 e. The Morgan fingerprint density at radius 2 is 1.96 bits per heavy atom. The van der Waals surface area contributed by atoms with Gasteiger partial charge >= 0.3 is 0 Å². The van der Waals surface area contributed by atoms with E-state index in [0.29, 0.717) is 12.2 Å². The normalized spacial score (nSPS) is 14.0. The lowest BCUT2D eigenvalue weighted by Gasteiger charge is -2.24. The fourth-order valence-electron chi connectivity index (χ4n) is 3.32. The van der Waals surface area contributed by atoms with Crippen molar-refractivity contribution in [3.8, 4) is 9.88 Å². The van der Waals surface area contributed by atoms with Crippen LogP contribution >= 0.6 is 22.7 Å². The fourth-order valence-corrected chi connectivity index (χ4v) is 4.93. The molecule has 4 rings (SSSR count). The Bertz CT molecular complexity index is 882. The summed E-state index contributed by atoms with van der Waals surface area (Å²) in [5.41, 5.74) is 2.97. The van der Waals surface area contributed by atoms with Crippen molar-refractivity contribution in [2.45, 2.75) is 19.4 Å². The van der Waals surface area contributed by atoms with Crippen molar-refractivity contribution in [2.75, 3.05) is 25.0 Å². The molecule has 0 unspecified atom stereocenters. The number of benzene rings is 1. The van der Waals surface area contributed by atoms with E-state index in [1.165, 1.54) is 35.4 Å². The highest BCUT2D eigenvalue weighted by Gasteiger charge is 2.20. The number of aromatic nitrogens is 1. The second-order valence-corrected chi connectivity index (χ2v) is 8.31. The van der Waals surface area contributed by atoms with Crippen molar-refractivity contribution in [3.05, 3.63) is 58.4 Å². The van der Waals surface area contributed by atoms with E-state index >= 15 is 0 Å². The SMILES string of the molecule is CN(Cc1ccccc1N1CCCC1)C(=O)c1csc(-c2cccs2)n1. The summed E-state index contributed by atoms with van der Waals surface area (Å²) in [7, 11) is 1.85. The maximum absolute atomic E-state index is 12.8. The number of carbonyl (C=O) groups excluding carboxylic acids is 1. The molecule has 134 valence electrons. The molecule has 1 saturated heterocycles. The van der Waals surface area contributed by atoms with Gasteiger partial charge in [-0.3, -0.25) is 4.79 Å². The zero-order valence-electron chi connectivity index (χ0n) is 14.7. The van der Waals surface area contributed by atoms with Gasteiger partial charge in [-0.25, -0.2) is 4.98 Å². The first-order valence-electron chi connectivity index (χ1n) is 8.80. The monoisotopic (exact) mass is 383 g/mol. The van der Waals surface area contributed by atoms with Crippen LogP contribution < -0.4 is 4.90 Å². The Labute approximate surface area is 161 Å². The van der Waals surface area contributed by atoms with E-state index < -0.39 is 0 Å². The molecule has 0 N–H and O–H groups in total. The zero-order valence-corrected chi connectivity index (χ0v) is 16.4. The van der Waals surface area contributed by atoms with E-state index in [4.69, 9.17) is 0 Å². The Morgan fingerprint density at radius 1 is 1.15 bits per heavy atom. The Hall–Kier alpha value is -2.18.